The van der Waals surface area contributed by atoms with E-state index in [1.54, 1.807) is 13.8 Å². The molecule has 0 aliphatic heterocycles. The molecule has 4 nitrogen and oxygen atoms in total. The summed E-state index contributed by atoms with van der Waals surface area (Å²) in [5.41, 5.74) is -0.767. The molecule has 102 valence electrons. The summed E-state index contributed by atoms with van der Waals surface area (Å²) < 4.78 is 45.0. The van der Waals surface area contributed by atoms with Crippen LogP contribution in [-0.4, -0.2) is 27.7 Å². The zero-order chi connectivity index (χ0) is 14.0. The van der Waals surface area contributed by atoms with Crippen LogP contribution >= 0.6 is 15.9 Å². The maximum atomic E-state index is 13.3. The zero-order valence-corrected chi connectivity index (χ0v) is 12.7. The van der Waals surface area contributed by atoms with Crippen LogP contribution < -0.4 is 4.72 Å². The minimum atomic E-state index is -3.77. The molecule has 1 rings (SSSR count). The first kappa shape index (κ1) is 15.6. The second-order valence-corrected chi connectivity index (χ2v) is 7.04. The lowest BCUT2D eigenvalue weighted by Crippen LogP contribution is -2.46. The molecule has 0 spiro atoms. The normalized spacial score (nSPS) is 12.7. The van der Waals surface area contributed by atoms with Crippen molar-refractivity contribution in [3.63, 3.8) is 0 Å². The smallest absolute Gasteiger partial charge is 0.241 e. The average molecular weight is 340 g/mol. The van der Waals surface area contributed by atoms with Gasteiger partial charge in [-0.05, 0) is 48.0 Å². The van der Waals surface area contributed by atoms with Gasteiger partial charge < -0.3 is 4.74 Å². The predicted octanol–water partition coefficient (Wildman–Crippen LogP) is 2.29. The summed E-state index contributed by atoms with van der Waals surface area (Å²) >= 11 is 2.97. The molecule has 0 heterocycles. The van der Waals surface area contributed by atoms with Crippen LogP contribution in [0, 0.1) is 5.82 Å². The van der Waals surface area contributed by atoms with Crippen LogP contribution in [0.5, 0.6) is 0 Å². The number of hydrogen-bond donors (Lipinski definition) is 1. The van der Waals surface area contributed by atoms with Crippen LogP contribution in [0.1, 0.15) is 13.8 Å². The van der Waals surface area contributed by atoms with Crippen LogP contribution in [0.25, 0.3) is 0 Å². The fourth-order valence-electron chi connectivity index (χ4n) is 1.46. The third kappa shape index (κ3) is 4.01. The van der Waals surface area contributed by atoms with Gasteiger partial charge in [0.05, 0.1) is 21.5 Å². The van der Waals surface area contributed by atoms with Gasteiger partial charge in [0.15, 0.2) is 0 Å². The third-order valence-electron chi connectivity index (χ3n) is 2.12. The van der Waals surface area contributed by atoms with E-state index in [-0.39, 0.29) is 16.0 Å². The Morgan fingerprint density at radius 1 is 1.44 bits per heavy atom. The molecule has 0 saturated heterocycles. The molecule has 1 aromatic rings. The molecule has 7 heteroatoms. The maximum Gasteiger partial charge on any atom is 0.241 e. The van der Waals surface area contributed by atoms with Crippen LogP contribution in [0.15, 0.2) is 27.6 Å². The van der Waals surface area contributed by atoms with Crippen molar-refractivity contribution in [2.75, 3.05) is 13.7 Å². The Kier molecular flexibility index (Phi) is 4.88. The van der Waals surface area contributed by atoms with Crippen molar-refractivity contribution in [3.05, 3.63) is 28.5 Å². The lowest BCUT2D eigenvalue weighted by atomic mass is 10.1. The van der Waals surface area contributed by atoms with E-state index >= 15 is 0 Å². The van der Waals surface area contributed by atoms with Crippen LogP contribution in [0.2, 0.25) is 0 Å². The number of nitrogens with one attached hydrogen (secondary N) is 1. The molecule has 0 aliphatic rings. The number of rotatable bonds is 5. The molecule has 18 heavy (non-hydrogen) atoms. The maximum absolute atomic E-state index is 13.3. The Labute approximate surface area is 115 Å². The minimum absolute atomic E-state index is 0.118. The van der Waals surface area contributed by atoms with Gasteiger partial charge in [-0.3, -0.25) is 0 Å². The van der Waals surface area contributed by atoms with E-state index in [1.165, 1.54) is 19.2 Å². The van der Waals surface area contributed by atoms with E-state index < -0.39 is 21.4 Å². The molecule has 1 aromatic carbocycles. The minimum Gasteiger partial charge on any atom is -0.383 e. The highest BCUT2D eigenvalue weighted by molar-refractivity contribution is 9.10. The molecule has 0 aromatic heterocycles. The fraction of sp³-hybridized carbons (Fsp3) is 0.455. The second kappa shape index (κ2) is 5.64. The Morgan fingerprint density at radius 2 is 2.06 bits per heavy atom. The highest BCUT2D eigenvalue weighted by Gasteiger charge is 2.26. The van der Waals surface area contributed by atoms with E-state index in [9.17, 15) is 12.8 Å². The second-order valence-electron chi connectivity index (χ2n) is 4.50. The van der Waals surface area contributed by atoms with Gasteiger partial charge in [0.25, 0.3) is 0 Å². The van der Waals surface area contributed by atoms with Crippen molar-refractivity contribution in [1.82, 2.24) is 4.72 Å². The molecule has 0 bridgehead atoms. The SMILES string of the molecule is COCC(C)(C)NS(=O)(=O)c1ccc(Br)c(F)c1. The first-order chi connectivity index (χ1) is 8.18. The number of methoxy groups -OCH3 is 1. The predicted molar refractivity (Wildman–Crippen MR) is 70.4 cm³/mol. The molecule has 0 aliphatic carbocycles. The van der Waals surface area contributed by atoms with Crippen molar-refractivity contribution in [3.8, 4) is 0 Å². The third-order valence-corrected chi connectivity index (χ3v) is 4.46. The molecular weight excluding hydrogens is 325 g/mol. The van der Waals surface area contributed by atoms with Gasteiger partial charge in [0.2, 0.25) is 10.0 Å². The Hall–Kier alpha value is -0.500. The summed E-state index contributed by atoms with van der Waals surface area (Å²) in [6, 6.07) is 3.65. The van der Waals surface area contributed by atoms with Crippen LogP contribution in [-0.2, 0) is 14.8 Å². The lowest BCUT2D eigenvalue weighted by molar-refractivity contribution is 0.141. The molecule has 0 amide bonds. The molecule has 0 saturated carbocycles. The first-order valence-corrected chi connectivity index (χ1v) is 7.43. The topological polar surface area (TPSA) is 55.4 Å². The zero-order valence-electron chi connectivity index (χ0n) is 10.3. The number of benzene rings is 1. The van der Waals surface area contributed by atoms with E-state index in [0.717, 1.165) is 6.07 Å². The van der Waals surface area contributed by atoms with Crippen molar-refractivity contribution in [1.29, 1.82) is 0 Å². The Morgan fingerprint density at radius 3 is 2.56 bits per heavy atom. The molecule has 0 fully saturated rings. The number of sulfonamides is 1. The summed E-state index contributed by atoms with van der Waals surface area (Å²) in [7, 11) is -2.29. The monoisotopic (exact) mass is 339 g/mol. The fourth-order valence-corrected chi connectivity index (χ4v) is 3.11. The summed E-state index contributed by atoms with van der Waals surface area (Å²) in [5.74, 6) is -0.623. The molecule has 0 atom stereocenters. The summed E-state index contributed by atoms with van der Waals surface area (Å²) in [5, 5.41) is 0. The standard InChI is InChI=1S/C11H15BrFNO3S/c1-11(2,7-17-3)14-18(15,16)8-4-5-9(12)10(13)6-8/h4-6,14H,7H2,1-3H3. The van der Waals surface area contributed by atoms with Crippen molar-refractivity contribution < 1.29 is 17.5 Å². The van der Waals surface area contributed by atoms with Crippen LogP contribution in [0.3, 0.4) is 0 Å². The first-order valence-electron chi connectivity index (χ1n) is 5.16. The van der Waals surface area contributed by atoms with E-state index in [4.69, 9.17) is 4.74 Å². The highest BCUT2D eigenvalue weighted by atomic mass is 79.9. The lowest BCUT2D eigenvalue weighted by Gasteiger charge is -2.24. The van der Waals surface area contributed by atoms with Gasteiger partial charge in [-0.2, -0.15) is 0 Å². The van der Waals surface area contributed by atoms with Gasteiger partial charge in [-0.15, -0.1) is 0 Å². The van der Waals surface area contributed by atoms with E-state index in [1.807, 2.05) is 0 Å². The quantitative estimate of drug-likeness (QED) is 0.895. The average Bonchev–Trinajstić information content (AvgIpc) is 2.20. The summed E-state index contributed by atoms with van der Waals surface area (Å²) in [6.45, 7) is 3.58. The molecule has 0 radical (unpaired) electrons. The summed E-state index contributed by atoms with van der Waals surface area (Å²) in [6.07, 6.45) is 0. The van der Waals surface area contributed by atoms with Gasteiger partial charge in [0, 0.05) is 7.11 Å². The largest absolute Gasteiger partial charge is 0.383 e. The highest BCUT2D eigenvalue weighted by Crippen LogP contribution is 2.20. The van der Waals surface area contributed by atoms with Crippen molar-refractivity contribution in [2.24, 2.45) is 0 Å². The Bertz CT molecular complexity index is 531. The van der Waals surface area contributed by atoms with Gasteiger partial charge in [0.1, 0.15) is 5.82 Å². The van der Waals surface area contributed by atoms with E-state index in [2.05, 4.69) is 20.7 Å². The molecule has 1 N–H and O–H groups in total. The number of halogens is 2. The Balaban J connectivity index is 3.03. The van der Waals surface area contributed by atoms with E-state index in [0.29, 0.717) is 0 Å². The van der Waals surface area contributed by atoms with Gasteiger partial charge in [-0.1, -0.05) is 0 Å². The van der Waals surface area contributed by atoms with Gasteiger partial charge in [-0.25, -0.2) is 17.5 Å². The van der Waals surface area contributed by atoms with Crippen LogP contribution in [0.4, 0.5) is 4.39 Å². The number of hydrogen-bond acceptors (Lipinski definition) is 3. The van der Waals surface area contributed by atoms with Crippen molar-refractivity contribution >= 4 is 26.0 Å². The molecular formula is C11H15BrFNO3S. The summed E-state index contributed by atoms with van der Waals surface area (Å²) in [4.78, 5) is -0.118. The number of ether oxygens (including phenoxy) is 1. The van der Waals surface area contributed by atoms with Gasteiger partial charge >= 0.3 is 0 Å². The molecule has 0 unspecified atom stereocenters. The van der Waals surface area contributed by atoms with Crippen molar-refractivity contribution in [2.45, 2.75) is 24.3 Å².